The highest BCUT2D eigenvalue weighted by atomic mass is 35.5. The van der Waals surface area contributed by atoms with E-state index >= 15 is 0 Å². The highest BCUT2D eigenvalue weighted by Gasteiger charge is 2.41. The zero-order chi connectivity index (χ0) is 25.4. The van der Waals surface area contributed by atoms with Gasteiger partial charge >= 0.3 is 0 Å². The van der Waals surface area contributed by atoms with Crippen LogP contribution in [0.5, 0.6) is 5.75 Å². The van der Waals surface area contributed by atoms with E-state index in [1.165, 1.54) is 6.42 Å². The average Bonchev–Trinajstić information content (AvgIpc) is 3.43. The summed E-state index contributed by atoms with van der Waals surface area (Å²) in [4.78, 5) is 30.6. The summed E-state index contributed by atoms with van der Waals surface area (Å²) in [5.74, 6) is 2.23. The Labute approximate surface area is 218 Å². The minimum Gasteiger partial charge on any atom is -0.487 e. The molecule has 1 saturated carbocycles. The second-order valence-electron chi connectivity index (χ2n) is 10.6. The van der Waals surface area contributed by atoms with Crippen LogP contribution in [-0.4, -0.2) is 46.4 Å². The lowest BCUT2D eigenvalue weighted by molar-refractivity contribution is -0.143. The molecule has 1 aromatic carbocycles. The molecule has 1 aliphatic carbocycles. The summed E-state index contributed by atoms with van der Waals surface area (Å²) >= 11 is 6.70. The summed E-state index contributed by atoms with van der Waals surface area (Å²) in [5.41, 5.74) is 3.67. The molecule has 1 saturated heterocycles. The van der Waals surface area contributed by atoms with E-state index in [2.05, 4.69) is 12.1 Å². The van der Waals surface area contributed by atoms with Crippen molar-refractivity contribution in [1.29, 1.82) is 0 Å². The van der Waals surface area contributed by atoms with Crippen molar-refractivity contribution < 1.29 is 18.8 Å². The fourth-order valence-corrected chi connectivity index (χ4v) is 6.37. The van der Waals surface area contributed by atoms with Crippen LogP contribution in [-0.2, 0) is 22.6 Å². The van der Waals surface area contributed by atoms with E-state index in [4.69, 9.17) is 20.9 Å². The first kappa shape index (κ1) is 25.1. The van der Waals surface area contributed by atoms with Gasteiger partial charge in [-0.05, 0) is 63.1 Å². The predicted octanol–water partition coefficient (Wildman–Crippen LogP) is 5.40. The van der Waals surface area contributed by atoms with Crippen LogP contribution in [0.15, 0.2) is 16.7 Å². The normalized spacial score (nSPS) is 24.2. The number of rotatable bonds is 6. The SMILES string of the molecule is Cc1onc(COc2ccc(Cl)c3c2[C@@H](CN2CCCC2=O)N(C(=O)[C@@H]2CCCC[C@@H]2C)CC3)c1C. The zero-order valence-corrected chi connectivity index (χ0v) is 22.3. The number of nitrogens with zero attached hydrogens (tertiary/aromatic N) is 3. The molecular formula is C28H36ClN3O4. The standard InChI is InChI=1S/C28H36ClN3O4/c1-17-7-4-5-8-20(17)28(34)32-14-12-21-22(29)10-11-25(35-16-23-18(2)19(3)36-30-23)27(21)24(32)15-31-13-6-9-26(31)33/h10-11,17,20,24H,4-9,12-16H2,1-3H3/t17-,20+,24+/m0/s1. The average molecular weight is 514 g/mol. The number of aromatic nitrogens is 1. The van der Waals surface area contributed by atoms with Crippen molar-refractivity contribution in [2.75, 3.05) is 19.6 Å². The van der Waals surface area contributed by atoms with Crippen molar-refractivity contribution >= 4 is 23.4 Å². The number of halogens is 1. The fourth-order valence-electron chi connectivity index (χ4n) is 6.11. The van der Waals surface area contributed by atoms with E-state index in [9.17, 15) is 9.59 Å². The molecule has 1 aromatic heterocycles. The first-order valence-corrected chi connectivity index (χ1v) is 13.7. The van der Waals surface area contributed by atoms with Crippen LogP contribution in [0, 0.1) is 25.7 Å². The van der Waals surface area contributed by atoms with E-state index in [0.717, 1.165) is 60.4 Å². The lowest BCUT2D eigenvalue weighted by atomic mass is 9.78. The summed E-state index contributed by atoms with van der Waals surface area (Å²) in [6.45, 7) is 8.11. The molecule has 0 bridgehead atoms. The number of fused-ring (bicyclic) bond motifs is 1. The van der Waals surface area contributed by atoms with Crippen LogP contribution >= 0.6 is 11.6 Å². The van der Waals surface area contributed by atoms with Gasteiger partial charge in [0.05, 0.1) is 6.04 Å². The third-order valence-corrected chi connectivity index (χ3v) is 8.82. The first-order chi connectivity index (χ1) is 17.3. The molecule has 3 aliphatic rings. The zero-order valence-electron chi connectivity index (χ0n) is 21.5. The highest BCUT2D eigenvalue weighted by Crippen LogP contribution is 2.43. The molecule has 5 rings (SSSR count). The minimum absolute atomic E-state index is 0.0291. The Morgan fingerprint density at radius 2 is 1.97 bits per heavy atom. The Morgan fingerprint density at radius 1 is 1.17 bits per heavy atom. The van der Waals surface area contributed by atoms with Gasteiger partial charge in [0.25, 0.3) is 0 Å². The van der Waals surface area contributed by atoms with Crippen molar-refractivity contribution in [1.82, 2.24) is 15.0 Å². The van der Waals surface area contributed by atoms with Crippen LogP contribution in [0.3, 0.4) is 0 Å². The Morgan fingerprint density at radius 3 is 2.67 bits per heavy atom. The summed E-state index contributed by atoms with van der Waals surface area (Å²) in [7, 11) is 0. The lowest BCUT2D eigenvalue weighted by Crippen LogP contribution is -2.49. The molecule has 8 heteroatoms. The second-order valence-corrected chi connectivity index (χ2v) is 11.1. The van der Waals surface area contributed by atoms with Gasteiger partial charge in [-0.2, -0.15) is 0 Å². The molecule has 0 radical (unpaired) electrons. The molecule has 2 aromatic rings. The number of amides is 2. The quantitative estimate of drug-likeness (QED) is 0.517. The number of carbonyl (C=O) groups is 2. The third-order valence-electron chi connectivity index (χ3n) is 8.47. The topological polar surface area (TPSA) is 75.9 Å². The fraction of sp³-hybridized carbons (Fsp3) is 0.607. The minimum atomic E-state index is -0.286. The molecule has 2 aliphatic heterocycles. The van der Waals surface area contributed by atoms with Gasteiger partial charge in [0.15, 0.2) is 0 Å². The highest BCUT2D eigenvalue weighted by molar-refractivity contribution is 6.31. The number of likely N-dealkylation sites (tertiary alicyclic amines) is 1. The Bertz CT molecular complexity index is 1150. The Hall–Kier alpha value is -2.54. The van der Waals surface area contributed by atoms with Gasteiger partial charge in [0.1, 0.15) is 23.8 Å². The smallest absolute Gasteiger partial charge is 0.226 e. The number of benzene rings is 1. The van der Waals surface area contributed by atoms with Gasteiger partial charge in [-0.25, -0.2) is 0 Å². The van der Waals surface area contributed by atoms with Gasteiger partial charge in [-0.3, -0.25) is 9.59 Å². The van der Waals surface area contributed by atoms with Crippen molar-refractivity contribution in [2.45, 2.75) is 78.4 Å². The van der Waals surface area contributed by atoms with E-state index in [0.29, 0.717) is 42.6 Å². The van der Waals surface area contributed by atoms with Gasteiger partial charge in [0, 0.05) is 48.1 Å². The third kappa shape index (κ3) is 4.74. The van der Waals surface area contributed by atoms with Crippen LogP contribution < -0.4 is 4.74 Å². The molecule has 0 spiro atoms. The maximum Gasteiger partial charge on any atom is 0.226 e. The predicted molar refractivity (Wildman–Crippen MR) is 137 cm³/mol. The maximum atomic E-state index is 14.0. The van der Waals surface area contributed by atoms with E-state index in [-0.39, 0.29) is 30.4 Å². The number of ether oxygens (including phenoxy) is 1. The van der Waals surface area contributed by atoms with Crippen molar-refractivity contribution in [3.63, 3.8) is 0 Å². The summed E-state index contributed by atoms with van der Waals surface area (Å²) in [5, 5.41) is 4.82. The van der Waals surface area contributed by atoms with Crippen molar-refractivity contribution in [3.05, 3.63) is 45.3 Å². The first-order valence-electron chi connectivity index (χ1n) is 13.3. The van der Waals surface area contributed by atoms with Gasteiger partial charge in [-0.1, -0.05) is 36.5 Å². The summed E-state index contributed by atoms with van der Waals surface area (Å²) in [6.07, 6.45) is 6.40. The summed E-state index contributed by atoms with van der Waals surface area (Å²) in [6, 6.07) is 3.47. The molecule has 2 fully saturated rings. The molecule has 0 N–H and O–H groups in total. The van der Waals surface area contributed by atoms with Crippen LogP contribution in [0.2, 0.25) is 5.02 Å². The molecule has 0 unspecified atom stereocenters. The number of hydrogen-bond acceptors (Lipinski definition) is 5. The van der Waals surface area contributed by atoms with Crippen molar-refractivity contribution in [2.24, 2.45) is 11.8 Å². The number of hydrogen-bond donors (Lipinski definition) is 0. The molecule has 194 valence electrons. The maximum absolute atomic E-state index is 14.0. The lowest BCUT2D eigenvalue weighted by Gasteiger charge is -2.43. The van der Waals surface area contributed by atoms with Gasteiger partial charge in [0.2, 0.25) is 11.8 Å². The van der Waals surface area contributed by atoms with E-state index in [1.807, 2.05) is 35.8 Å². The molecule has 2 amide bonds. The number of carbonyl (C=O) groups excluding carboxylic acids is 2. The van der Waals surface area contributed by atoms with E-state index in [1.54, 1.807) is 0 Å². The van der Waals surface area contributed by atoms with Gasteiger partial charge < -0.3 is 19.1 Å². The monoisotopic (exact) mass is 513 g/mol. The Kier molecular flexibility index (Phi) is 7.29. The van der Waals surface area contributed by atoms with E-state index < -0.39 is 0 Å². The molecular weight excluding hydrogens is 478 g/mol. The second kappa shape index (κ2) is 10.4. The van der Waals surface area contributed by atoms with Crippen LogP contribution in [0.4, 0.5) is 0 Å². The Balaban J connectivity index is 1.51. The van der Waals surface area contributed by atoms with Gasteiger partial charge in [-0.15, -0.1) is 0 Å². The summed E-state index contributed by atoms with van der Waals surface area (Å²) < 4.78 is 11.6. The molecule has 7 nitrogen and oxygen atoms in total. The largest absolute Gasteiger partial charge is 0.487 e. The number of aryl methyl sites for hydroxylation is 1. The van der Waals surface area contributed by atoms with Crippen molar-refractivity contribution in [3.8, 4) is 5.75 Å². The van der Waals surface area contributed by atoms with Crippen LogP contribution in [0.1, 0.15) is 79.6 Å². The molecule has 3 heterocycles. The molecule has 36 heavy (non-hydrogen) atoms. The van der Waals surface area contributed by atoms with Crippen LogP contribution in [0.25, 0.3) is 0 Å². The molecule has 3 atom stereocenters.